The van der Waals surface area contributed by atoms with E-state index in [-0.39, 0.29) is 37.6 Å². The van der Waals surface area contributed by atoms with Crippen LogP contribution in [0, 0.1) is 0 Å². The van der Waals surface area contributed by atoms with Crippen LogP contribution in [0.5, 0.6) is 0 Å². The van der Waals surface area contributed by atoms with Crippen molar-refractivity contribution in [1.29, 1.82) is 0 Å². The van der Waals surface area contributed by atoms with Crippen LogP contribution in [-0.2, 0) is 11.3 Å². The van der Waals surface area contributed by atoms with Gasteiger partial charge in [-0.25, -0.2) is 14.0 Å². The third-order valence-corrected chi connectivity index (χ3v) is 6.18. The lowest BCUT2D eigenvalue weighted by atomic mass is 9.93. The van der Waals surface area contributed by atoms with Gasteiger partial charge in [0.15, 0.2) is 0 Å². The summed E-state index contributed by atoms with van der Waals surface area (Å²) in [6, 6.07) is 16.6. The van der Waals surface area contributed by atoms with E-state index < -0.39 is 17.7 Å². The molecule has 4 rings (SSSR count). The van der Waals surface area contributed by atoms with Crippen molar-refractivity contribution in [3.63, 3.8) is 0 Å². The van der Waals surface area contributed by atoms with E-state index in [1.165, 1.54) is 0 Å². The summed E-state index contributed by atoms with van der Waals surface area (Å²) in [6.07, 6.45) is 1.09. The summed E-state index contributed by atoms with van der Waals surface area (Å²) in [5, 5.41) is 12.3. The molecule has 2 N–H and O–H groups in total. The van der Waals surface area contributed by atoms with Gasteiger partial charge in [-0.2, -0.15) is 0 Å². The number of carbonyl (C=O) groups excluding carboxylic acids is 1. The maximum Gasteiger partial charge on any atom is 0.410 e. The number of alkyl halides is 1. The van der Waals surface area contributed by atoms with Gasteiger partial charge < -0.3 is 20.1 Å². The Labute approximate surface area is 181 Å². The second-order valence-corrected chi connectivity index (χ2v) is 8.43. The maximum absolute atomic E-state index is 15.2. The van der Waals surface area contributed by atoms with Crippen LogP contribution in [0.4, 0.5) is 9.18 Å². The first-order valence-corrected chi connectivity index (χ1v) is 10.6. The first kappa shape index (κ1) is 21.3. The van der Waals surface area contributed by atoms with Crippen molar-refractivity contribution in [1.82, 2.24) is 10.2 Å². The summed E-state index contributed by atoms with van der Waals surface area (Å²) in [5.74, 6) is -0.647. The number of amides is 1. The fraction of sp³-hybridized carbons (Fsp3) is 0.417. The average Bonchev–Trinajstić information content (AvgIpc) is 3.57. The van der Waals surface area contributed by atoms with Gasteiger partial charge in [-0.15, -0.1) is 0 Å². The van der Waals surface area contributed by atoms with Crippen molar-refractivity contribution >= 4 is 12.1 Å². The molecule has 7 heteroatoms. The van der Waals surface area contributed by atoms with Gasteiger partial charge in [-0.3, -0.25) is 0 Å². The molecule has 0 aromatic heterocycles. The average molecular weight is 426 g/mol. The summed E-state index contributed by atoms with van der Waals surface area (Å²) in [4.78, 5) is 24.8. The number of rotatable bonds is 7. The van der Waals surface area contributed by atoms with Crippen LogP contribution in [0.25, 0.3) is 0 Å². The highest BCUT2D eigenvalue weighted by Gasteiger charge is 2.42. The van der Waals surface area contributed by atoms with Crippen LogP contribution in [0.15, 0.2) is 54.6 Å². The number of carboxylic acids is 1. The minimum Gasteiger partial charge on any atom is -0.478 e. The van der Waals surface area contributed by atoms with E-state index in [9.17, 15) is 9.59 Å². The van der Waals surface area contributed by atoms with Crippen LogP contribution in [0.2, 0.25) is 0 Å². The topological polar surface area (TPSA) is 78.9 Å². The number of benzene rings is 2. The summed E-state index contributed by atoms with van der Waals surface area (Å²) in [6.45, 7) is 1.16. The molecular formula is C24H27FN2O4. The molecule has 0 bridgehead atoms. The summed E-state index contributed by atoms with van der Waals surface area (Å²) in [5.41, 5.74) is 0.932. The molecule has 1 aliphatic heterocycles. The first-order valence-electron chi connectivity index (χ1n) is 10.6. The number of hydrogen-bond donors (Lipinski definition) is 2. The molecule has 2 aromatic rings. The van der Waals surface area contributed by atoms with Gasteiger partial charge >= 0.3 is 12.1 Å². The quantitative estimate of drug-likeness (QED) is 0.700. The number of ether oxygens (including phenoxy) is 1. The van der Waals surface area contributed by atoms with Crippen molar-refractivity contribution in [2.24, 2.45) is 0 Å². The van der Waals surface area contributed by atoms with Crippen LogP contribution in [0.1, 0.15) is 46.7 Å². The molecule has 6 nitrogen and oxygen atoms in total. The Hall–Kier alpha value is -2.93. The molecule has 1 saturated heterocycles. The second kappa shape index (κ2) is 9.06. The second-order valence-electron chi connectivity index (χ2n) is 8.43. The van der Waals surface area contributed by atoms with E-state index >= 15 is 4.39 Å². The highest BCUT2D eigenvalue weighted by Crippen LogP contribution is 2.41. The van der Waals surface area contributed by atoms with Crippen molar-refractivity contribution in [3.8, 4) is 0 Å². The van der Waals surface area contributed by atoms with Gasteiger partial charge in [-0.1, -0.05) is 42.5 Å². The third kappa shape index (κ3) is 5.41. The number of carbonyl (C=O) groups is 2. The van der Waals surface area contributed by atoms with Gasteiger partial charge in [0.05, 0.1) is 5.56 Å². The molecule has 2 aliphatic rings. The molecule has 0 unspecified atom stereocenters. The molecule has 0 spiro atoms. The van der Waals surface area contributed by atoms with Crippen molar-refractivity contribution in [2.75, 3.05) is 19.6 Å². The largest absolute Gasteiger partial charge is 0.478 e. The fourth-order valence-corrected chi connectivity index (χ4v) is 4.05. The summed E-state index contributed by atoms with van der Waals surface area (Å²) < 4.78 is 20.6. The Morgan fingerprint density at radius 2 is 1.77 bits per heavy atom. The summed E-state index contributed by atoms with van der Waals surface area (Å²) >= 11 is 0. The van der Waals surface area contributed by atoms with E-state index in [2.05, 4.69) is 5.32 Å². The van der Waals surface area contributed by atoms with Crippen LogP contribution in [-0.4, -0.2) is 53.4 Å². The van der Waals surface area contributed by atoms with Gasteiger partial charge in [0.25, 0.3) is 0 Å². The standard InChI is InChI=1S/C24H27FN2O4/c25-24(16-26-21-14-20(21)18-6-8-19(9-7-18)22(28)29)10-12-27(13-11-24)23(30)31-15-17-4-2-1-3-5-17/h1-9,20-21,26H,10-16H2,(H,28,29)/t20-,21+/m0/s1. The number of aromatic carboxylic acids is 1. The third-order valence-electron chi connectivity index (χ3n) is 6.18. The van der Waals surface area contributed by atoms with Gasteiger partial charge in [-0.05, 0) is 29.7 Å². The Balaban J connectivity index is 1.19. The first-order chi connectivity index (χ1) is 14.9. The lowest BCUT2D eigenvalue weighted by Gasteiger charge is -2.36. The maximum atomic E-state index is 15.2. The highest BCUT2D eigenvalue weighted by atomic mass is 19.1. The van der Waals surface area contributed by atoms with Crippen LogP contribution < -0.4 is 5.32 Å². The zero-order valence-corrected chi connectivity index (χ0v) is 17.3. The molecule has 2 aromatic carbocycles. The monoisotopic (exact) mass is 426 g/mol. The summed E-state index contributed by atoms with van der Waals surface area (Å²) in [7, 11) is 0. The smallest absolute Gasteiger partial charge is 0.410 e. The molecule has 2 atom stereocenters. The number of piperidine rings is 1. The lowest BCUT2D eigenvalue weighted by molar-refractivity contribution is 0.0407. The minimum atomic E-state index is -1.34. The van der Waals surface area contributed by atoms with Crippen LogP contribution >= 0.6 is 0 Å². The highest BCUT2D eigenvalue weighted by molar-refractivity contribution is 5.87. The molecule has 31 heavy (non-hydrogen) atoms. The molecule has 164 valence electrons. The molecular weight excluding hydrogens is 399 g/mol. The Morgan fingerprint density at radius 3 is 2.42 bits per heavy atom. The number of halogens is 1. The van der Waals surface area contributed by atoms with E-state index in [0.717, 1.165) is 17.5 Å². The van der Waals surface area contributed by atoms with Crippen molar-refractivity contribution < 1.29 is 23.8 Å². The lowest BCUT2D eigenvalue weighted by Crippen LogP contribution is -2.49. The molecule has 1 saturated carbocycles. The SMILES string of the molecule is O=C(O)c1ccc([C@@H]2C[C@H]2NCC2(F)CCN(C(=O)OCc3ccccc3)CC2)cc1. The predicted octanol–water partition coefficient (Wildman–Crippen LogP) is 3.97. The van der Waals surface area contributed by atoms with Crippen molar-refractivity contribution in [2.45, 2.75) is 43.5 Å². The zero-order valence-electron chi connectivity index (χ0n) is 17.3. The van der Waals surface area contributed by atoms with Crippen molar-refractivity contribution in [3.05, 3.63) is 71.3 Å². The molecule has 2 fully saturated rings. The van der Waals surface area contributed by atoms with E-state index in [4.69, 9.17) is 9.84 Å². The minimum absolute atomic E-state index is 0.206. The normalized spacial score (nSPS) is 22.0. The van der Waals surface area contributed by atoms with E-state index in [1.54, 1.807) is 17.0 Å². The fourth-order valence-electron chi connectivity index (χ4n) is 4.05. The Bertz CT molecular complexity index is 911. The van der Waals surface area contributed by atoms with Gasteiger partial charge in [0.1, 0.15) is 12.3 Å². The number of nitrogens with zero attached hydrogens (tertiary/aromatic N) is 1. The molecule has 1 amide bonds. The van der Waals surface area contributed by atoms with E-state index in [1.807, 2.05) is 42.5 Å². The van der Waals surface area contributed by atoms with Gasteiger partial charge in [0.2, 0.25) is 0 Å². The predicted molar refractivity (Wildman–Crippen MR) is 114 cm³/mol. The number of nitrogens with one attached hydrogen (secondary N) is 1. The van der Waals surface area contributed by atoms with Crippen LogP contribution in [0.3, 0.4) is 0 Å². The Kier molecular flexibility index (Phi) is 6.23. The zero-order chi connectivity index (χ0) is 21.8. The Morgan fingerprint density at radius 1 is 1.10 bits per heavy atom. The number of hydrogen-bond acceptors (Lipinski definition) is 4. The molecule has 0 radical (unpaired) electrons. The molecule has 1 heterocycles. The van der Waals surface area contributed by atoms with E-state index in [0.29, 0.717) is 19.0 Å². The number of carboxylic acid groups (broad SMARTS) is 1. The van der Waals surface area contributed by atoms with Gasteiger partial charge in [0, 0.05) is 44.4 Å². The molecule has 1 aliphatic carbocycles. The number of likely N-dealkylation sites (tertiary alicyclic amines) is 1.